The predicted octanol–water partition coefficient (Wildman–Crippen LogP) is 1.35. The number of aromatic nitrogens is 2. The topological polar surface area (TPSA) is 50.1 Å². The number of halogens is 1. The summed E-state index contributed by atoms with van der Waals surface area (Å²) in [4.78, 5) is 0. The normalized spacial score (nSPS) is 24.5. The van der Waals surface area contributed by atoms with E-state index in [0.29, 0.717) is 5.92 Å². The van der Waals surface area contributed by atoms with Crippen molar-refractivity contribution in [2.75, 3.05) is 6.54 Å². The molecule has 1 heterocycles. The minimum atomic E-state index is -0.0579. The highest BCUT2D eigenvalue weighted by atomic mass is 79.9. The molecule has 1 aromatic rings. The zero-order valence-corrected chi connectivity index (χ0v) is 11.3. The zero-order chi connectivity index (χ0) is 11.7. The fourth-order valence-corrected chi connectivity index (χ4v) is 2.61. The maximum Gasteiger partial charge on any atom is 0.0739 e. The second-order valence-electron chi connectivity index (χ2n) is 4.59. The van der Waals surface area contributed by atoms with Crippen LogP contribution >= 0.6 is 15.9 Å². The van der Waals surface area contributed by atoms with E-state index in [0.717, 1.165) is 36.1 Å². The minimum Gasteiger partial charge on any atom is -0.393 e. The molecule has 2 N–H and O–H groups in total. The third-order valence-corrected chi connectivity index (χ3v) is 4.23. The van der Waals surface area contributed by atoms with Gasteiger partial charge < -0.3 is 10.4 Å². The van der Waals surface area contributed by atoms with Gasteiger partial charge in [0.25, 0.3) is 0 Å². The predicted molar refractivity (Wildman–Crippen MR) is 66.1 cm³/mol. The van der Waals surface area contributed by atoms with Crippen LogP contribution in [0, 0.1) is 12.8 Å². The van der Waals surface area contributed by atoms with Gasteiger partial charge in [-0.25, -0.2) is 0 Å². The molecule has 16 heavy (non-hydrogen) atoms. The lowest BCUT2D eigenvalue weighted by atomic mass is 9.82. The van der Waals surface area contributed by atoms with Crippen LogP contribution in [-0.2, 0) is 13.6 Å². The maximum atomic E-state index is 9.18. The number of nitrogens with one attached hydrogen (secondary N) is 1. The second-order valence-corrected chi connectivity index (χ2v) is 5.38. The van der Waals surface area contributed by atoms with E-state index >= 15 is 0 Å². The van der Waals surface area contributed by atoms with Crippen molar-refractivity contribution in [2.24, 2.45) is 13.0 Å². The van der Waals surface area contributed by atoms with Crippen LogP contribution in [-0.4, -0.2) is 27.5 Å². The molecule has 0 unspecified atom stereocenters. The molecule has 0 amide bonds. The van der Waals surface area contributed by atoms with Gasteiger partial charge in [0.15, 0.2) is 0 Å². The van der Waals surface area contributed by atoms with E-state index in [9.17, 15) is 5.11 Å². The molecule has 1 saturated carbocycles. The van der Waals surface area contributed by atoms with Gasteiger partial charge in [-0.2, -0.15) is 5.10 Å². The molecule has 2 rings (SSSR count). The Hall–Kier alpha value is -0.390. The Bertz CT molecular complexity index is 372. The molecule has 0 radical (unpaired) electrons. The van der Waals surface area contributed by atoms with Crippen LogP contribution in [0.4, 0.5) is 0 Å². The molecule has 5 heteroatoms. The van der Waals surface area contributed by atoms with Crippen molar-refractivity contribution in [2.45, 2.75) is 32.4 Å². The quantitative estimate of drug-likeness (QED) is 0.879. The highest BCUT2D eigenvalue weighted by Gasteiger charge is 2.26. The molecule has 1 aliphatic rings. The molecule has 0 aromatic carbocycles. The number of nitrogens with zero attached hydrogens (tertiary/aromatic N) is 2. The summed E-state index contributed by atoms with van der Waals surface area (Å²) in [5, 5.41) is 16.9. The monoisotopic (exact) mass is 287 g/mol. The number of hydrogen-bond acceptors (Lipinski definition) is 3. The smallest absolute Gasteiger partial charge is 0.0739 e. The Labute approximate surface area is 104 Å². The first kappa shape index (κ1) is 12.1. The Balaban J connectivity index is 1.81. The van der Waals surface area contributed by atoms with E-state index in [1.807, 2.05) is 18.7 Å². The summed E-state index contributed by atoms with van der Waals surface area (Å²) in [5.41, 5.74) is 2.20. The van der Waals surface area contributed by atoms with Gasteiger partial charge in [-0.3, -0.25) is 4.68 Å². The SMILES string of the molecule is Cc1nn(C)c(CNCC2CC(O)C2)c1Br. The molecular weight excluding hydrogens is 270 g/mol. The summed E-state index contributed by atoms with van der Waals surface area (Å²) in [7, 11) is 1.96. The lowest BCUT2D eigenvalue weighted by Crippen LogP contribution is -2.36. The highest BCUT2D eigenvalue weighted by Crippen LogP contribution is 2.26. The molecule has 90 valence electrons. The van der Waals surface area contributed by atoms with Crippen LogP contribution < -0.4 is 5.32 Å². The third-order valence-electron chi connectivity index (χ3n) is 3.20. The van der Waals surface area contributed by atoms with Gasteiger partial charge in [0.05, 0.1) is 22.0 Å². The van der Waals surface area contributed by atoms with Gasteiger partial charge in [0, 0.05) is 13.6 Å². The molecule has 0 saturated heterocycles. The molecular formula is C11H18BrN3O. The molecule has 1 aromatic heterocycles. The number of aryl methyl sites for hydroxylation is 2. The molecule has 0 aliphatic heterocycles. The fraction of sp³-hybridized carbons (Fsp3) is 0.727. The van der Waals surface area contributed by atoms with E-state index < -0.39 is 0 Å². The van der Waals surface area contributed by atoms with Crippen molar-refractivity contribution >= 4 is 15.9 Å². The summed E-state index contributed by atoms with van der Waals surface area (Å²) in [6, 6.07) is 0. The van der Waals surface area contributed by atoms with Crippen LogP contribution in [0.1, 0.15) is 24.2 Å². The first-order valence-electron chi connectivity index (χ1n) is 5.64. The summed E-state index contributed by atoms with van der Waals surface area (Å²) in [5.74, 6) is 0.642. The number of hydrogen-bond donors (Lipinski definition) is 2. The van der Waals surface area contributed by atoms with Crippen LogP contribution in [0.15, 0.2) is 4.47 Å². The Morgan fingerprint density at radius 1 is 1.56 bits per heavy atom. The van der Waals surface area contributed by atoms with Gasteiger partial charge >= 0.3 is 0 Å². The summed E-state index contributed by atoms with van der Waals surface area (Å²) >= 11 is 3.55. The highest BCUT2D eigenvalue weighted by molar-refractivity contribution is 9.10. The fourth-order valence-electron chi connectivity index (χ4n) is 2.13. The number of aliphatic hydroxyl groups is 1. The van der Waals surface area contributed by atoms with E-state index in [4.69, 9.17) is 0 Å². The van der Waals surface area contributed by atoms with Crippen molar-refractivity contribution in [1.29, 1.82) is 0 Å². The minimum absolute atomic E-state index is 0.0579. The summed E-state index contributed by atoms with van der Waals surface area (Å²) in [6.07, 6.45) is 1.83. The van der Waals surface area contributed by atoms with Crippen molar-refractivity contribution in [3.05, 3.63) is 15.9 Å². The molecule has 1 aliphatic carbocycles. The van der Waals surface area contributed by atoms with Gasteiger partial charge in [-0.05, 0) is 48.2 Å². The first-order valence-corrected chi connectivity index (χ1v) is 6.44. The zero-order valence-electron chi connectivity index (χ0n) is 9.70. The van der Waals surface area contributed by atoms with Crippen LogP contribution in [0.5, 0.6) is 0 Å². The lowest BCUT2D eigenvalue weighted by Gasteiger charge is -2.31. The first-order chi connectivity index (χ1) is 7.58. The largest absolute Gasteiger partial charge is 0.393 e. The van der Waals surface area contributed by atoms with Crippen LogP contribution in [0.3, 0.4) is 0 Å². The number of rotatable bonds is 4. The van der Waals surface area contributed by atoms with E-state index in [2.05, 4.69) is 26.3 Å². The van der Waals surface area contributed by atoms with Gasteiger partial charge in [0.2, 0.25) is 0 Å². The van der Waals surface area contributed by atoms with E-state index in [-0.39, 0.29) is 6.10 Å². The van der Waals surface area contributed by atoms with Gasteiger partial charge in [-0.1, -0.05) is 0 Å². The third kappa shape index (κ3) is 2.47. The molecule has 1 fully saturated rings. The average Bonchev–Trinajstić information content (AvgIpc) is 2.41. The Morgan fingerprint density at radius 2 is 2.25 bits per heavy atom. The van der Waals surface area contributed by atoms with Crippen molar-refractivity contribution < 1.29 is 5.11 Å². The number of aliphatic hydroxyl groups excluding tert-OH is 1. The van der Waals surface area contributed by atoms with Gasteiger partial charge in [-0.15, -0.1) is 0 Å². The second kappa shape index (κ2) is 4.85. The Kier molecular flexibility index (Phi) is 3.66. The summed E-state index contributed by atoms with van der Waals surface area (Å²) < 4.78 is 3.00. The lowest BCUT2D eigenvalue weighted by molar-refractivity contribution is 0.0429. The molecule has 0 bridgehead atoms. The van der Waals surface area contributed by atoms with Crippen LogP contribution in [0.25, 0.3) is 0 Å². The molecule has 0 atom stereocenters. The van der Waals surface area contributed by atoms with Crippen molar-refractivity contribution in [3.63, 3.8) is 0 Å². The van der Waals surface area contributed by atoms with Crippen molar-refractivity contribution in [1.82, 2.24) is 15.1 Å². The standard InChI is InChI=1S/C11H18BrN3O/c1-7-11(12)10(15(2)14-7)6-13-5-8-3-9(16)4-8/h8-9,13,16H,3-6H2,1-2H3. The van der Waals surface area contributed by atoms with E-state index in [1.54, 1.807) is 0 Å². The summed E-state index contributed by atoms with van der Waals surface area (Å²) in [6.45, 7) is 3.80. The van der Waals surface area contributed by atoms with Gasteiger partial charge in [0.1, 0.15) is 0 Å². The maximum absolute atomic E-state index is 9.18. The van der Waals surface area contributed by atoms with E-state index in [1.165, 1.54) is 5.69 Å². The van der Waals surface area contributed by atoms with Crippen molar-refractivity contribution in [3.8, 4) is 0 Å². The molecule has 4 nitrogen and oxygen atoms in total. The Morgan fingerprint density at radius 3 is 2.75 bits per heavy atom. The molecule has 0 spiro atoms. The van der Waals surface area contributed by atoms with Crippen LogP contribution in [0.2, 0.25) is 0 Å². The average molecular weight is 288 g/mol.